The predicted octanol–water partition coefficient (Wildman–Crippen LogP) is 0.668. The maximum atomic E-state index is 5.76. The van der Waals surface area contributed by atoms with Gasteiger partial charge in [0.15, 0.2) is 0 Å². The zero-order valence-corrected chi connectivity index (χ0v) is 7.56. The molecule has 62 valence electrons. The minimum absolute atomic E-state index is 0.0205. The fourth-order valence-corrected chi connectivity index (χ4v) is 1.70. The molecule has 2 atom stereocenters. The van der Waals surface area contributed by atoms with Crippen LogP contribution in [0.25, 0.3) is 0 Å². The zero-order valence-electron chi connectivity index (χ0n) is 6.74. The number of thioether (sulfide) groups is 1. The molecule has 0 aliphatic carbocycles. The lowest BCUT2D eigenvalue weighted by Gasteiger charge is -2.22. The smallest absolute Gasteiger partial charge is 0.125 e. The Kier molecular flexibility index (Phi) is 2.37. The van der Waals surface area contributed by atoms with Crippen LogP contribution in [-0.2, 0) is 0 Å². The summed E-state index contributed by atoms with van der Waals surface area (Å²) in [6, 6.07) is -0.0205. The van der Waals surface area contributed by atoms with Crippen molar-refractivity contribution in [2.24, 2.45) is 16.5 Å². The minimum Gasteiger partial charge on any atom is -0.322 e. The summed E-state index contributed by atoms with van der Waals surface area (Å²) < 4.78 is 0. The van der Waals surface area contributed by atoms with Crippen LogP contribution in [0, 0.1) is 0 Å². The number of rotatable bonds is 1. The van der Waals surface area contributed by atoms with E-state index in [9.17, 15) is 0 Å². The van der Waals surface area contributed by atoms with Gasteiger partial charge < -0.3 is 11.5 Å². The lowest BCUT2D eigenvalue weighted by Crippen LogP contribution is -2.37. The van der Waals surface area contributed by atoms with Gasteiger partial charge >= 0.3 is 0 Å². The van der Waals surface area contributed by atoms with Crippen molar-refractivity contribution in [1.82, 2.24) is 0 Å². The van der Waals surface area contributed by atoms with Crippen LogP contribution in [0.4, 0.5) is 0 Å². The van der Waals surface area contributed by atoms with Gasteiger partial charge in [0, 0.05) is 0 Å². The van der Waals surface area contributed by atoms with Gasteiger partial charge in [-0.2, -0.15) is 0 Å². The van der Waals surface area contributed by atoms with Crippen molar-refractivity contribution in [2.75, 3.05) is 0 Å². The van der Waals surface area contributed by atoms with E-state index in [-0.39, 0.29) is 6.04 Å². The molecule has 0 saturated carbocycles. The Hall–Kier alpha value is -0.320. The highest BCUT2D eigenvalue weighted by molar-refractivity contribution is 8.16. The van der Waals surface area contributed by atoms with E-state index in [1.165, 1.54) is 11.8 Å². The average molecular weight is 171 g/mol. The Morgan fingerprint density at radius 1 is 1.73 bits per heavy atom. The van der Waals surface area contributed by atoms with Crippen molar-refractivity contribution in [1.29, 1.82) is 0 Å². The van der Waals surface area contributed by atoms with Gasteiger partial charge in [0.05, 0.1) is 11.1 Å². The van der Waals surface area contributed by atoms with Gasteiger partial charge in [-0.1, -0.05) is 11.8 Å². The Morgan fingerprint density at radius 3 is 2.73 bits per heavy atom. The fraction of sp³-hybridized carbons (Fsp3) is 0.571. The number of nitrogens with zero attached hydrogens (tertiary/aromatic N) is 1. The van der Waals surface area contributed by atoms with E-state index in [1.54, 1.807) is 0 Å². The van der Waals surface area contributed by atoms with Crippen molar-refractivity contribution in [3.63, 3.8) is 0 Å². The van der Waals surface area contributed by atoms with Crippen molar-refractivity contribution < 1.29 is 0 Å². The fourth-order valence-electron chi connectivity index (χ4n) is 0.752. The van der Waals surface area contributed by atoms with Crippen molar-refractivity contribution in [2.45, 2.75) is 25.6 Å². The molecule has 0 spiro atoms. The maximum absolute atomic E-state index is 5.76. The molecule has 1 rings (SSSR count). The second kappa shape index (κ2) is 2.97. The monoisotopic (exact) mass is 171 g/mol. The van der Waals surface area contributed by atoms with Crippen LogP contribution in [0.5, 0.6) is 0 Å². The largest absolute Gasteiger partial charge is 0.322 e. The lowest BCUT2D eigenvalue weighted by atomic mass is 10.2. The molecular weight excluding hydrogens is 158 g/mol. The third-order valence-electron chi connectivity index (χ3n) is 1.33. The molecule has 0 fully saturated rings. The van der Waals surface area contributed by atoms with E-state index < -0.39 is 5.66 Å². The molecule has 11 heavy (non-hydrogen) atoms. The van der Waals surface area contributed by atoms with Crippen LogP contribution < -0.4 is 11.5 Å². The molecule has 0 aromatic carbocycles. The molecule has 1 heterocycles. The number of hydrogen-bond acceptors (Lipinski definition) is 4. The van der Waals surface area contributed by atoms with Crippen molar-refractivity contribution in [3.05, 3.63) is 11.5 Å². The van der Waals surface area contributed by atoms with Crippen molar-refractivity contribution >= 4 is 16.8 Å². The van der Waals surface area contributed by atoms with Gasteiger partial charge in [-0.25, -0.2) is 0 Å². The summed E-state index contributed by atoms with van der Waals surface area (Å²) in [6.45, 7) is 3.76. The number of aliphatic imine (C=N–C) groups is 1. The highest BCUT2D eigenvalue weighted by Crippen LogP contribution is 2.20. The summed E-state index contributed by atoms with van der Waals surface area (Å²) in [4.78, 5) is 4.26. The lowest BCUT2D eigenvalue weighted by molar-refractivity contribution is 0.618. The molecule has 1 aliphatic heterocycles. The molecule has 0 aromatic rings. The van der Waals surface area contributed by atoms with Crippen LogP contribution in [0.1, 0.15) is 13.8 Å². The molecule has 3 nitrogen and oxygen atoms in total. The van der Waals surface area contributed by atoms with Gasteiger partial charge in [-0.3, -0.25) is 4.99 Å². The van der Waals surface area contributed by atoms with E-state index in [2.05, 4.69) is 4.99 Å². The topological polar surface area (TPSA) is 64.4 Å². The van der Waals surface area contributed by atoms with Crippen LogP contribution in [-0.4, -0.2) is 16.7 Å². The molecule has 1 aliphatic rings. The van der Waals surface area contributed by atoms with Gasteiger partial charge in [0.1, 0.15) is 5.66 Å². The minimum atomic E-state index is -0.561. The van der Waals surface area contributed by atoms with E-state index in [0.717, 1.165) is 5.04 Å². The van der Waals surface area contributed by atoms with Crippen molar-refractivity contribution in [3.8, 4) is 0 Å². The van der Waals surface area contributed by atoms with E-state index >= 15 is 0 Å². The summed E-state index contributed by atoms with van der Waals surface area (Å²) in [6.07, 6.45) is 1.86. The first-order valence-corrected chi connectivity index (χ1v) is 4.38. The zero-order chi connectivity index (χ0) is 8.48. The average Bonchev–Trinajstić information content (AvgIpc) is 1.85. The van der Waals surface area contributed by atoms with Crippen LogP contribution in [0.3, 0.4) is 0 Å². The molecule has 0 bridgehead atoms. The Morgan fingerprint density at radius 2 is 2.36 bits per heavy atom. The maximum Gasteiger partial charge on any atom is 0.125 e. The van der Waals surface area contributed by atoms with E-state index in [4.69, 9.17) is 11.5 Å². The van der Waals surface area contributed by atoms with E-state index in [1.807, 2.05) is 25.3 Å². The molecular formula is C7H13N3S. The molecule has 0 saturated heterocycles. The summed E-state index contributed by atoms with van der Waals surface area (Å²) >= 11 is 1.54. The van der Waals surface area contributed by atoms with E-state index in [0.29, 0.717) is 0 Å². The normalized spacial score (nSPS) is 33.3. The number of hydrogen-bond donors (Lipinski definition) is 2. The quantitative estimate of drug-likeness (QED) is 0.609. The first kappa shape index (κ1) is 8.77. The number of nitrogens with two attached hydrogens (primary N) is 2. The standard InChI is InChI=1S/C7H13N3S/c1-5(8)6-10-7(2,9)3-4-11-6/h3-5H,8-9H2,1-2H3. The van der Waals surface area contributed by atoms with Crippen LogP contribution >= 0.6 is 11.8 Å². The third kappa shape index (κ3) is 2.32. The second-order valence-electron chi connectivity index (χ2n) is 2.89. The molecule has 0 aromatic heterocycles. The molecule has 2 unspecified atom stereocenters. The summed E-state index contributed by atoms with van der Waals surface area (Å²) in [5, 5.41) is 2.84. The first-order valence-electron chi connectivity index (χ1n) is 3.50. The Balaban J connectivity index is 2.78. The predicted molar refractivity (Wildman–Crippen MR) is 50.4 cm³/mol. The van der Waals surface area contributed by atoms with Gasteiger partial charge in [0.2, 0.25) is 0 Å². The molecule has 4 N–H and O–H groups in total. The third-order valence-corrected chi connectivity index (χ3v) is 2.31. The summed E-state index contributed by atoms with van der Waals surface area (Å²) in [5.41, 5.74) is 10.8. The van der Waals surface area contributed by atoms with Gasteiger partial charge in [-0.15, -0.1) is 0 Å². The molecule has 4 heteroatoms. The summed E-state index contributed by atoms with van der Waals surface area (Å²) in [7, 11) is 0. The highest BCUT2D eigenvalue weighted by Gasteiger charge is 2.19. The molecule has 0 amide bonds. The first-order chi connectivity index (χ1) is 5.01. The van der Waals surface area contributed by atoms with Gasteiger partial charge in [0.25, 0.3) is 0 Å². The second-order valence-corrected chi connectivity index (χ2v) is 3.81. The van der Waals surface area contributed by atoms with Crippen LogP contribution in [0.2, 0.25) is 0 Å². The van der Waals surface area contributed by atoms with Crippen LogP contribution in [0.15, 0.2) is 16.5 Å². The highest BCUT2D eigenvalue weighted by atomic mass is 32.2. The SMILES string of the molecule is CC(N)C1=NC(C)(N)C=CS1. The molecule has 0 radical (unpaired) electrons. The Labute approximate surface area is 70.9 Å². The van der Waals surface area contributed by atoms with Gasteiger partial charge in [-0.05, 0) is 25.3 Å². The Bertz CT molecular complexity index is 206. The summed E-state index contributed by atoms with van der Waals surface area (Å²) in [5.74, 6) is 0.